The molecule has 1 heterocycles. The van der Waals surface area contributed by atoms with Crippen molar-refractivity contribution in [3.8, 4) is 0 Å². The van der Waals surface area contributed by atoms with E-state index < -0.39 is 0 Å². The lowest BCUT2D eigenvalue weighted by Gasteiger charge is -2.39. The van der Waals surface area contributed by atoms with Crippen LogP contribution in [0, 0.1) is 11.3 Å². The molecule has 0 aliphatic heterocycles. The van der Waals surface area contributed by atoms with Gasteiger partial charge in [0.25, 0.3) is 0 Å². The van der Waals surface area contributed by atoms with Crippen molar-refractivity contribution >= 4 is 11.3 Å². The average molecular weight is 294 g/mol. The van der Waals surface area contributed by atoms with Gasteiger partial charge >= 0.3 is 0 Å². The second kappa shape index (κ2) is 7.09. The standard InChI is InChI=1S/C18H31NS/c1-5-15-8-9-16(20-15)12-17(19-4)18(13-14(2)3)10-6-7-11-18/h8-9,14,17,19H,5-7,10-13H2,1-4H3. The highest BCUT2D eigenvalue weighted by Crippen LogP contribution is 2.47. The van der Waals surface area contributed by atoms with E-state index in [0.29, 0.717) is 11.5 Å². The van der Waals surface area contributed by atoms with Gasteiger partial charge in [-0.05, 0) is 62.6 Å². The molecule has 0 spiro atoms. The maximum Gasteiger partial charge on any atom is 0.0169 e. The Morgan fingerprint density at radius 3 is 2.35 bits per heavy atom. The third-order valence-electron chi connectivity index (χ3n) is 4.97. The van der Waals surface area contributed by atoms with Gasteiger partial charge < -0.3 is 5.32 Å². The summed E-state index contributed by atoms with van der Waals surface area (Å²) in [5, 5.41) is 3.67. The fraction of sp³-hybridized carbons (Fsp3) is 0.778. The van der Waals surface area contributed by atoms with Gasteiger partial charge in [-0.3, -0.25) is 0 Å². The fourth-order valence-corrected chi connectivity index (χ4v) is 5.14. The third-order valence-corrected chi connectivity index (χ3v) is 6.22. The molecule has 114 valence electrons. The summed E-state index contributed by atoms with van der Waals surface area (Å²) in [5.74, 6) is 0.804. The van der Waals surface area contributed by atoms with Gasteiger partial charge in [-0.1, -0.05) is 33.6 Å². The van der Waals surface area contributed by atoms with E-state index in [2.05, 4.69) is 45.3 Å². The Hall–Kier alpha value is -0.340. The van der Waals surface area contributed by atoms with Gasteiger partial charge in [-0.25, -0.2) is 0 Å². The minimum atomic E-state index is 0.541. The molecule has 1 saturated carbocycles. The summed E-state index contributed by atoms with van der Waals surface area (Å²) in [6.07, 6.45) is 9.46. The summed E-state index contributed by atoms with van der Waals surface area (Å²) in [4.78, 5) is 3.09. The van der Waals surface area contributed by atoms with Gasteiger partial charge in [0.05, 0.1) is 0 Å². The summed E-state index contributed by atoms with van der Waals surface area (Å²) >= 11 is 2.01. The molecule has 1 fully saturated rings. The zero-order chi connectivity index (χ0) is 14.6. The van der Waals surface area contributed by atoms with Crippen molar-refractivity contribution in [1.29, 1.82) is 0 Å². The van der Waals surface area contributed by atoms with Crippen LogP contribution in [0.25, 0.3) is 0 Å². The SMILES string of the molecule is CCc1ccc(CC(NC)C2(CC(C)C)CCCC2)s1. The van der Waals surface area contributed by atoms with Crippen LogP contribution in [-0.2, 0) is 12.8 Å². The van der Waals surface area contributed by atoms with Crippen LogP contribution in [0.3, 0.4) is 0 Å². The van der Waals surface area contributed by atoms with Crippen LogP contribution < -0.4 is 5.32 Å². The topological polar surface area (TPSA) is 12.0 Å². The van der Waals surface area contributed by atoms with E-state index in [1.54, 1.807) is 4.88 Å². The molecule has 1 aromatic rings. The van der Waals surface area contributed by atoms with Crippen LogP contribution in [0.1, 0.15) is 62.6 Å². The van der Waals surface area contributed by atoms with Gasteiger partial charge in [0.2, 0.25) is 0 Å². The molecule has 0 amide bonds. The molecule has 1 aliphatic rings. The second-order valence-electron chi connectivity index (χ2n) is 6.93. The van der Waals surface area contributed by atoms with Gasteiger partial charge in [0.15, 0.2) is 0 Å². The maximum absolute atomic E-state index is 3.67. The molecule has 0 radical (unpaired) electrons. The number of likely N-dealkylation sites (N-methyl/N-ethyl adjacent to an activating group) is 1. The molecule has 1 unspecified atom stereocenters. The normalized spacial score (nSPS) is 19.6. The maximum atomic E-state index is 3.67. The second-order valence-corrected chi connectivity index (χ2v) is 8.19. The van der Waals surface area contributed by atoms with E-state index in [4.69, 9.17) is 0 Å². The monoisotopic (exact) mass is 293 g/mol. The highest BCUT2D eigenvalue weighted by molar-refractivity contribution is 7.11. The van der Waals surface area contributed by atoms with Crippen molar-refractivity contribution in [2.45, 2.75) is 71.8 Å². The van der Waals surface area contributed by atoms with Crippen molar-refractivity contribution in [2.75, 3.05) is 7.05 Å². The van der Waals surface area contributed by atoms with Crippen molar-refractivity contribution in [3.63, 3.8) is 0 Å². The molecule has 1 aliphatic carbocycles. The lowest BCUT2D eigenvalue weighted by molar-refractivity contribution is 0.160. The quantitative estimate of drug-likeness (QED) is 0.742. The van der Waals surface area contributed by atoms with Gasteiger partial charge in [-0.2, -0.15) is 0 Å². The Balaban J connectivity index is 2.11. The summed E-state index contributed by atoms with van der Waals surface area (Å²) in [5.41, 5.74) is 0.541. The first-order valence-electron chi connectivity index (χ1n) is 8.34. The molecule has 0 bridgehead atoms. The molecule has 2 heteroatoms. The van der Waals surface area contributed by atoms with Gasteiger partial charge in [-0.15, -0.1) is 11.3 Å². The lowest BCUT2D eigenvalue weighted by atomic mass is 9.71. The average Bonchev–Trinajstić information content (AvgIpc) is 3.04. The molecule has 0 aromatic carbocycles. The van der Waals surface area contributed by atoms with Crippen LogP contribution >= 0.6 is 11.3 Å². The number of thiophene rings is 1. The molecular weight excluding hydrogens is 262 g/mol. The predicted molar refractivity (Wildman–Crippen MR) is 90.6 cm³/mol. The molecule has 1 atom stereocenters. The number of hydrogen-bond acceptors (Lipinski definition) is 2. The predicted octanol–water partition coefficient (Wildman–Crippen LogP) is 5.05. The van der Waals surface area contributed by atoms with Gasteiger partial charge in [0, 0.05) is 15.8 Å². The number of rotatable bonds is 7. The van der Waals surface area contributed by atoms with Crippen LogP contribution in [0.2, 0.25) is 0 Å². The lowest BCUT2D eigenvalue weighted by Crippen LogP contribution is -2.44. The highest BCUT2D eigenvalue weighted by atomic mass is 32.1. The minimum Gasteiger partial charge on any atom is -0.316 e. The Morgan fingerprint density at radius 1 is 1.20 bits per heavy atom. The Labute approximate surface area is 129 Å². The van der Waals surface area contributed by atoms with E-state index in [0.717, 1.165) is 5.92 Å². The summed E-state index contributed by atoms with van der Waals surface area (Å²) in [7, 11) is 2.17. The number of aryl methyl sites for hydroxylation is 1. The molecule has 1 aromatic heterocycles. The van der Waals surface area contributed by atoms with Crippen LogP contribution in [-0.4, -0.2) is 13.1 Å². The Morgan fingerprint density at radius 2 is 1.85 bits per heavy atom. The van der Waals surface area contributed by atoms with Gasteiger partial charge in [0.1, 0.15) is 0 Å². The number of nitrogens with one attached hydrogen (secondary N) is 1. The highest BCUT2D eigenvalue weighted by Gasteiger charge is 2.40. The first-order chi connectivity index (χ1) is 9.59. The smallest absolute Gasteiger partial charge is 0.0169 e. The van der Waals surface area contributed by atoms with E-state index in [-0.39, 0.29) is 0 Å². The Kier molecular flexibility index (Phi) is 5.68. The van der Waals surface area contributed by atoms with Crippen LogP contribution in [0.4, 0.5) is 0 Å². The van der Waals surface area contributed by atoms with Crippen LogP contribution in [0.5, 0.6) is 0 Å². The first kappa shape index (κ1) is 16.0. The van der Waals surface area contributed by atoms with Crippen molar-refractivity contribution in [1.82, 2.24) is 5.32 Å². The van der Waals surface area contributed by atoms with E-state index in [1.807, 2.05) is 11.3 Å². The van der Waals surface area contributed by atoms with E-state index >= 15 is 0 Å². The zero-order valence-electron chi connectivity index (χ0n) is 13.7. The summed E-state index contributed by atoms with van der Waals surface area (Å²) in [6, 6.07) is 5.32. The molecule has 20 heavy (non-hydrogen) atoms. The molecular formula is C18H31NS. The van der Waals surface area contributed by atoms with E-state index in [9.17, 15) is 0 Å². The minimum absolute atomic E-state index is 0.541. The van der Waals surface area contributed by atoms with Crippen molar-refractivity contribution in [2.24, 2.45) is 11.3 Å². The zero-order valence-corrected chi connectivity index (χ0v) is 14.5. The molecule has 2 rings (SSSR count). The largest absolute Gasteiger partial charge is 0.316 e. The molecule has 0 saturated heterocycles. The molecule has 1 nitrogen and oxygen atoms in total. The Bertz CT molecular complexity index is 401. The molecule has 1 N–H and O–H groups in total. The van der Waals surface area contributed by atoms with E-state index in [1.165, 1.54) is 49.8 Å². The fourth-order valence-electron chi connectivity index (χ4n) is 4.14. The summed E-state index contributed by atoms with van der Waals surface area (Å²) in [6.45, 7) is 7.02. The number of hydrogen-bond donors (Lipinski definition) is 1. The first-order valence-corrected chi connectivity index (χ1v) is 9.16. The summed E-state index contributed by atoms with van der Waals surface area (Å²) < 4.78 is 0. The van der Waals surface area contributed by atoms with Crippen molar-refractivity contribution in [3.05, 3.63) is 21.9 Å². The third kappa shape index (κ3) is 3.65. The van der Waals surface area contributed by atoms with Crippen LogP contribution in [0.15, 0.2) is 12.1 Å². The van der Waals surface area contributed by atoms with Crippen molar-refractivity contribution < 1.29 is 0 Å².